The smallest absolute Gasteiger partial charge is 0.151 e. The Bertz CT molecular complexity index is 263. The third kappa shape index (κ3) is 2.50. The van der Waals surface area contributed by atoms with Crippen LogP contribution in [0.2, 0.25) is 10.0 Å². The van der Waals surface area contributed by atoms with Gasteiger partial charge >= 0.3 is 0 Å². The fourth-order valence-electron chi connectivity index (χ4n) is 0.597. The molecule has 60 valence electrons. The number of aldehydes is 1. The van der Waals surface area contributed by atoms with E-state index in [1.54, 1.807) is 12.1 Å². The Hall–Kier alpha value is -0.570. The Morgan fingerprint density at radius 3 is 2.36 bits per heavy atom. The molecule has 0 aliphatic carbocycles. The van der Waals surface area contributed by atoms with Gasteiger partial charge in [0.2, 0.25) is 0 Å². The number of carbonyl (C=O) groups excluding carboxylic acids is 1. The second kappa shape index (κ2) is 4.34. The average Bonchev–Trinajstić information content (AvgIpc) is 1.88. The Morgan fingerprint density at radius 1 is 1.27 bits per heavy atom. The monoisotopic (exact) mass is 191 g/mol. The van der Waals surface area contributed by atoms with Gasteiger partial charge in [0.15, 0.2) is 6.29 Å². The van der Waals surface area contributed by atoms with E-state index in [0.29, 0.717) is 21.9 Å². The van der Waals surface area contributed by atoms with Crippen molar-refractivity contribution in [1.82, 2.24) is 6.15 Å². The van der Waals surface area contributed by atoms with Gasteiger partial charge in [-0.3, -0.25) is 4.79 Å². The predicted molar refractivity (Wildman–Crippen MR) is 46.9 cm³/mol. The quantitative estimate of drug-likeness (QED) is 0.695. The predicted octanol–water partition coefficient (Wildman–Crippen LogP) is 2.97. The molecule has 0 aromatic heterocycles. The summed E-state index contributed by atoms with van der Waals surface area (Å²) in [5, 5.41) is 0.929. The van der Waals surface area contributed by atoms with Crippen LogP contribution in [0.4, 0.5) is 0 Å². The number of benzene rings is 1. The highest BCUT2D eigenvalue weighted by molar-refractivity contribution is 6.36. The molecule has 0 amide bonds. The molecule has 1 rings (SSSR count). The number of carbonyl (C=O) groups is 1. The molecule has 0 saturated carbocycles. The first-order chi connectivity index (χ1) is 4.74. The average molecular weight is 192 g/mol. The van der Waals surface area contributed by atoms with Gasteiger partial charge in [0, 0.05) is 10.6 Å². The highest BCUT2D eigenvalue weighted by Gasteiger charge is 1.97. The fraction of sp³-hybridized carbons (Fsp3) is 0. The van der Waals surface area contributed by atoms with Crippen LogP contribution in [0.5, 0.6) is 0 Å². The minimum atomic E-state index is 0. The van der Waals surface area contributed by atoms with Gasteiger partial charge in [0.25, 0.3) is 0 Å². The summed E-state index contributed by atoms with van der Waals surface area (Å²) in [5.41, 5.74) is 0.464. The van der Waals surface area contributed by atoms with Crippen LogP contribution in [0.3, 0.4) is 0 Å². The van der Waals surface area contributed by atoms with E-state index in [4.69, 9.17) is 23.2 Å². The van der Waals surface area contributed by atoms with Gasteiger partial charge in [-0.25, -0.2) is 0 Å². The number of rotatable bonds is 1. The molecule has 11 heavy (non-hydrogen) atoms. The van der Waals surface area contributed by atoms with Crippen molar-refractivity contribution in [3.8, 4) is 0 Å². The number of halogens is 2. The standard InChI is InChI=1S/C7H4Cl2O.H3N/c8-6-2-1-5(4-10)7(9)3-6;/h1-4H;1H3. The highest BCUT2D eigenvalue weighted by Crippen LogP contribution is 2.18. The summed E-state index contributed by atoms with van der Waals surface area (Å²) in [4.78, 5) is 10.2. The fourth-order valence-corrected chi connectivity index (χ4v) is 1.05. The molecule has 1 aromatic rings. The lowest BCUT2D eigenvalue weighted by Gasteiger charge is -1.93. The zero-order valence-electron chi connectivity index (χ0n) is 5.68. The molecule has 0 spiro atoms. The van der Waals surface area contributed by atoms with Gasteiger partial charge in [-0.1, -0.05) is 23.2 Å². The van der Waals surface area contributed by atoms with E-state index in [1.165, 1.54) is 6.07 Å². The Morgan fingerprint density at radius 2 is 1.91 bits per heavy atom. The lowest BCUT2D eigenvalue weighted by molar-refractivity contribution is 0.112. The van der Waals surface area contributed by atoms with E-state index < -0.39 is 0 Å². The van der Waals surface area contributed by atoms with E-state index in [1.807, 2.05) is 0 Å². The molecule has 2 nitrogen and oxygen atoms in total. The third-order valence-corrected chi connectivity index (χ3v) is 1.65. The number of hydrogen-bond donors (Lipinski definition) is 1. The summed E-state index contributed by atoms with van der Waals surface area (Å²) < 4.78 is 0. The summed E-state index contributed by atoms with van der Waals surface area (Å²) in [6.45, 7) is 0. The van der Waals surface area contributed by atoms with Crippen LogP contribution >= 0.6 is 23.2 Å². The van der Waals surface area contributed by atoms with Crippen LogP contribution in [-0.2, 0) is 0 Å². The zero-order valence-corrected chi connectivity index (χ0v) is 7.19. The summed E-state index contributed by atoms with van der Waals surface area (Å²) in [6.07, 6.45) is 0.693. The van der Waals surface area contributed by atoms with E-state index in [-0.39, 0.29) is 6.15 Å². The maximum atomic E-state index is 10.2. The van der Waals surface area contributed by atoms with Gasteiger partial charge in [-0.2, -0.15) is 0 Å². The molecular weight excluding hydrogens is 185 g/mol. The molecule has 0 atom stereocenters. The molecule has 1 aromatic carbocycles. The van der Waals surface area contributed by atoms with Crippen LogP contribution in [-0.4, -0.2) is 6.29 Å². The number of hydrogen-bond acceptors (Lipinski definition) is 2. The molecule has 0 saturated heterocycles. The normalized spacial score (nSPS) is 8.55. The Labute approximate surface area is 74.7 Å². The lowest BCUT2D eigenvalue weighted by Crippen LogP contribution is -1.79. The molecule has 0 heterocycles. The van der Waals surface area contributed by atoms with Crippen molar-refractivity contribution in [2.24, 2.45) is 0 Å². The van der Waals surface area contributed by atoms with Crippen molar-refractivity contribution in [3.05, 3.63) is 33.8 Å². The van der Waals surface area contributed by atoms with Crippen LogP contribution in [0, 0.1) is 0 Å². The van der Waals surface area contributed by atoms with E-state index in [2.05, 4.69) is 0 Å². The zero-order chi connectivity index (χ0) is 7.56. The third-order valence-electron chi connectivity index (χ3n) is 1.09. The molecular formula is C7H7Cl2NO. The van der Waals surface area contributed by atoms with Crippen molar-refractivity contribution in [2.45, 2.75) is 0 Å². The minimum Gasteiger partial charge on any atom is -0.344 e. The first-order valence-electron chi connectivity index (χ1n) is 2.64. The first-order valence-corrected chi connectivity index (χ1v) is 3.40. The van der Waals surface area contributed by atoms with Crippen LogP contribution < -0.4 is 6.15 Å². The largest absolute Gasteiger partial charge is 0.344 e. The van der Waals surface area contributed by atoms with E-state index in [9.17, 15) is 4.79 Å². The Balaban J connectivity index is 0.000001000. The summed E-state index contributed by atoms with van der Waals surface area (Å²) in [6, 6.07) is 4.74. The topological polar surface area (TPSA) is 52.1 Å². The Kier molecular flexibility index (Phi) is 4.11. The molecule has 0 aliphatic rings. The van der Waals surface area contributed by atoms with Gasteiger partial charge < -0.3 is 6.15 Å². The summed E-state index contributed by atoms with van der Waals surface area (Å²) in [7, 11) is 0. The summed E-state index contributed by atoms with van der Waals surface area (Å²) in [5.74, 6) is 0. The van der Waals surface area contributed by atoms with Crippen molar-refractivity contribution >= 4 is 29.5 Å². The van der Waals surface area contributed by atoms with Gasteiger partial charge in [0.1, 0.15) is 0 Å². The molecule has 0 fully saturated rings. The molecule has 0 aliphatic heterocycles. The van der Waals surface area contributed by atoms with Crippen molar-refractivity contribution in [1.29, 1.82) is 0 Å². The van der Waals surface area contributed by atoms with Gasteiger partial charge in [0.05, 0.1) is 5.02 Å². The highest BCUT2D eigenvalue weighted by atomic mass is 35.5. The summed E-state index contributed by atoms with van der Waals surface area (Å²) >= 11 is 11.2. The van der Waals surface area contributed by atoms with Crippen LogP contribution in [0.1, 0.15) is 10.4 Å². The van der Waals surface area contributed by atoms with Crippen LogP contribution in [0.15, 0.2) is 18.2 Å². The first kappa shape index (κ1) is 10.4. The molecule has 4 heteroatoms. The van der Waals surface area contributed by atoms with E-state index in [0.717, 1.165) is 0 Å². The van der Waals surface area contributed by atoms with Gasteiger partial charge in [-0.05, 0) is 18.2 Å². The molecule has 3 N–H and O–H groups in total. The molecule has 0 bridgehead atoms. The van der Waals surface area contributed by atoms with Crippen molar-refractivity contribution in [3.63, 3.8) is 0 Å². The molecule has 0 radical (unpaired) electrons. The maximum absolute atomic E-state index is 10.2. The minimum absolute atomic E-state index is 0. The lowest BCUT2D eigenvalue weighted by atomic mass is 10.2. The van der Waals surface area contributed by atoms with Gasteiger partial charge in [-0.15, -0.1) is 0 Å². The second-order valence-corrected chi connectivity index (χ2v) is 2.63. The van der Waals surface area contributed by atoms with Crippen molar-refractivity contribution < 1.29 is 4.79 Å². The molecule has 0 unspecified atom stereocenters. The second-order valence-electron chi connectivity index (χ2n) is 1.78. The van der Waals surface area contributed by atoms with Crippen molar-refractivity contribution in [2.75, 3.05) is 0 Å². The van der Waals surface area contributed by atoms with Crippen LogP contribution in [0.25, 0.3) is 0 Å². The SMILES string of the molecule is N.O=Cc1ccc(Cl)cc1Cl. The van der Waals surface area contributed by atoms with E-state index >= 15 is 0 Å². The maximum Gasteiger partial charge on any atom is 0.151 e.